The monoisotopic (exact) mass is 495 g/mol. The number of aldehydes is 1. The van der Waals surface area contributed by atoms with Gasteiger partial charge in [-0.3, -0.25) is 14.4 Å². The van der Waals surface area contributed by atoms with Crippen LogP contribution >= 0.6 is 0 Å². The zero-order valence-corrected chi connectivity index (χ0v) is 23.3. The fraction of sp³-hybridized carbons (Fsp3) is 0.806. The van der Waals surface area contributed by atoms with Gasteiger partial charge in [-0.05, 0) is 103 Å². The number of hydrogen-bond donors (Lipinski definition) is 1. The molecule has 1 amide bonds. The van der Waals surface area contributed by atoms with Crippen molar-refractivity contribution in [3.05, 3.63) is 11.6 Å². The summed E-state index contributed by atoms with van der Waals surface area (Å²) in [5.74, 6) is -0.902. The number of rotatable bonds is 2. The highest BCUT2D eigenvalue weighted by molar-refractivity contribution is 6.11. The first kappa shape index (κ1) is 25.9. The van der Waals surface area contributed by atoms with Crippen LogP contribution in [0.15, 0.2) is 11.6 Å². The number of ketones is 2. The van der Waals surface area contributed by atoms with Crippen molar-refractivity contribution < 1.29 is 19.2 Å². The second-order valence-electron chi connectivity index (χ2n) is 14.7. The number of carbonyl (C=O) groups is 4. The maximum Gasteiger partial charge on any atom is 0.231 e. The molecular formula is C31H45NO4. The van der Waals surface area contributed by atoms with Crippen molar-refractivity contribution in [2.75, 3.05) is 0 Å². The Balaban J connectivity index is 1.68. The number of nitrogens with two attached hydrogens (primary N) is 1. The molecule has 4 fully saturated rings. The molecule has 2 N–H and O–H groups in total. The third-order valence-corrected chi connectivity index (χ3v) is 13.3. The van der Waals surface area contributed by atoms with E-state index >= 15 is 0 Å². The molecule has 5 heteroatoms. The summed E-state index contributed by atoms with van der Waals surface area (Å²) in [5, 5.41) is 0. The largest absolute Gasteiger partial charge is 0.369 e. The minimum Gasteiger partial charge on any atom is -0.369 e. The van der Waals surface area contributed by atoms with Gasteiger partial charge in [0.15, 0.2) is 11.6 Å². The Morgan fingerprint density at radius 3 is 2.28 bits per heavy atom. The van der Waals surface area contributed by atoms with Gasteiger partial charge in [-0.2, -0.15) is 0 Å². The lowest BCUT2D eigenvalue weighted by atomic mass is 9.32. The molecule has 0 bridgehead atoms. The zero-order chi connectivity index (χ0) is 26.6. The van der Waals surface area contributed by atoms with Gasteiger partial charge in [-0.1, -0.05) is 47.1 Å². The topological polar surface area (TPSA) is 94.3 Å². The Morgan fingerprint density at radius 2 is 1.67 bits per heavy atom. The fourth-order valence-corrected chi connectivity index (χ4v) is 10.8. The van der Waals surface area contributed by atoms with Crippen LogP contribution in [0.3, 0.4) is 0 Å². The predicted octanol–water partition coefficient (Wildman–Crippen LogP) is 5.30. The van der Waals surface area contributed by atoms with E-state index in [9.17, 15) is 19.2 Å². The molecule has 0 radical (unpaired) electrons. The Morgan fingerprint density at radius 1 is 1.00 bits per heavy atom. The summed E-state index contributed by atoms with van der Waals surface area (Å²) < 4.78 is 0. The van der Waals surface area contributed by atoms with Gasteiger partial charge >= 0.3 is 0 Å². The van der Waals surface area contributed by atoms with E-state index in [0.29, 0.717) is 36.9 Å². The minimum absolute atomic E-state index is 0.129. The Hall–Kier alpha value is -1.78. The molecule has 0 spiro atoms. The summed E-state index contributed by atoms with van der Waals surface area (Å²) in [6.45, 7) is 15.6. The lowest BCUT2D eigenvalue weighted by Gasteiger charge is -2.70. The second kappa shape index (κ2) is 7.63. The van der Waals surface area contributed by atoms with Crippen LogP contribution in [0.4, 0.5) is 0 Å². The lowest BCUT2D eigenvalue weighted by Crippen LogP contribution is -2.69. The summed E-state index contributed by atoms with van der Waals surface area (Å²) in [6, 6.07) is 0. The zero-order valence-electron chi connectivity index (χ0n) is 23.3. The molecule has 4 saturated carbocycles. The maximum atomic E-state index is 14.3. The second-order valence-corrected chi connectivity index (χ2v) is 14.7. The molecule has 198 valence electrons. The van der Waals surface area contributed by atoms with E-state index in [2.05, 4.69) is 41.5 Å². The predicted molar refractivity (Wildman–Crippen MR) is 138 cm³/mol. The van der Waals surface area contributed by atoms with Gasteiger partial charge in [0, 0.05) is 5.92 Å². The van der Waals surface area contributed by atoms with Gasteiger partial charge in [0.2, 0.25) is 5.91 Å². The summed E-state index contributed by atoms with van der Waals surface area (Å²) >= 11 is 0. The number of hydrogen-bond acceptors (Lipinski definition) is 4. The van der Waals surface area contributed by atoms with E-state index in [4.69, 9.17) is 5.73 Å². The molecule has 0 heterocycles. The van der Waals surface area contributed by atoms with Gasteiger partial charge in [0.1, 0.15) is 11.7 Å². The van der Waals surface area contributed by atoms with Crippen molar-refractivity contribution in [1.29, 1.82) is 0 Å². The van der Waals surface area contributed by atoms with E-state index in [1.54, 1.807) is 6.92 Å². The van der Waals surface area contributed by atoms with Crippen molar-refractivity contribution >= 4 is 23.8 Å². The van der Waals surface area contributed by atoms with Crippen molar-refractivity contribution in [2.24, 2.45) is 68.3 Å². The van der Waals surface area contributed by atoms with Crippen molar-refractivity contribution in [2.45, 2.75) is 93.4 Å². The van der Waals surface area contributed by atoms with Crippen LogP contribution in [-0.2, 0) is 19.2 Å². The number of primary amides is 1. The van der Waals surface area contributed by atoms with Crippen molar-refractivity contribution in [3.63, 3.8) is 0 Å². The molecule has 0 saturated heterocycles. The van der Waals surface area contributed by atoms with E-state index in [1.807, 2.05) is 6.08 Å². The molecular weight excluding hydrogens is 450 g/mol. The van der Waals surface area contributed by atoms with Crippen LogP contribution in [0.5, 0.6) is 0 Å². The van der Waals surface area contributed by atoms with Crippen molar-refractivity contribution in [3.8, 4) is 0 Å². The number of allylic oxidation sites excluding steroid dienone is 2. The number of carbonyl (C=O) groups excluding carboxylic acids is 4. The van der Waals surface area contributed by atoms with Crippen LogP contribution in [0.2, 0.25) is 0 Å². The molecule has 5 rings (SSSR count). The van der Waals surface area contributed by atoms with Gasteiger partial charge < -0.3 is 10.5 Å². The SMILES string of the molecule is C[C@H]1[C@H](C)CC[C@]2(C)CC[C@]3(C)C(=CC(=O)[C@@H]4[C@@]5(C)CC(C=O)C(=O)[C@](C)(C(N)=O)[C@@H]5CC[C@]43C)[C@H]12. The standard InChI is InChI=1S/C31H45NO4/c1-17-8-10-27(3)12-13-29(5)20(23(27)18(17)2)14-21(34)24-28(4)15-19(16-33)25(35)31(7,26(32)36)22(28)9-11-30(24,29)6/h14,16-19,22-24H,8-13,15H2,1-7H3,(H2,32,36)/t17-,18+,19?,22-,23+,24-,27-,28+,29-,30-,31-/m1/s1. The molecule has 0 aromatic rings. The molecule has 0 aliphatic heterocycles. The molecule has 5 aliphatic rings. The van der Waals surface area contributed by atoms with Gasteiger partial charge in [-0.15, -0.1) is 0 Å². The smallest absolute Gasteiger partial charge is 0.231 e. The molecule has 0 aromatic carbocycles. The number of fused-ring (bicyclic) bond motifs is 7. The molecule has 5 aliphatic carbocycles. The average Bonchev–Trinajstić information content (AvgIpc) is 2.80. The first-order valence-electron chi connectivity index (χ1n) is 14.2. The molecule has 0 aromatic heterocycles. The van der Waals surface area contributed by atoms with E-state index in [-0.39, 0.29) is 39.6 Å². The van der Waals surface area contributed by atoms with Crippen LogP contribution in [-0.4, -0.2) is 23.8 Å². The number of amides is 1. The number of Topliss-reactive ketones (excluding diaryl/α,β-unsaturated/α-hetero) is 1. The third-order valence-electron chi connectivity index (χ3n) is 13.3. The van der Waals surface area contributed by atoms with Crippen molar-refractivity contribution in [1.82, 2.24) is 0 Å². The molecule has 36 heavy (non-hydrogen) atoms. The normalized spacial score (nSPS) is 54.4. The Labute approximate surface area is 216 Å². The highest BCUT2D eigenvalue weighted by Crippen LogP contribution is 2.75. The van der Waals surface area contributed by atoms with Gasteiger partial charge in [-0.25, -0.2) is 0 Å². The summed E-state index contributed by atoms with van der Waals surface area (Å²) in [4.78, 5) is 52.6. The molecule has 11 atom stereocenters. The van der Waals surface area contributed by atoms with Crippen LogP contribution in [0, 0.1) is 62.6 Å². The summed E-state index contributed by atoms with van der Waals surface area (Å²) in [6.07, 6.45) is 9.14. The third kappa shape index (κ3) is 2.84. The Kier molecular flexibility index (Phi) is 5.48. The maximum absolute atomic E-state index is 14.3. The summed E-state index contributed by atoms with van der Waals surface area (Å²) in [5.41, 5.74) is 4.97. The van der Waals surface area contributed by atoms with Crippen LogP contribution < -0.4 is 5.73 Å². The minimum atomic E-state index is -1.43. The highest BCUT2D eigenvalue weighted by atomic mass is 16.2. The lowest BCUT2D eigenvalue weighted by molar-refractivity contribution is -0.196. The Bertz CT molecular complexity index is 1080. The van der Waals surface area contributed by atoms with E-state index < -0.39 is 22.7 Å². The first-order valence-corrected chi connectivity index (χ1v) is 14.2. The molecule has 1 unspecified atom stereocenters. The molecule has 5 nitrogen and oxygen atoms in total. The quantitative estimate of drug-likeness (QED) is 0.415. The van der Waals surface area contributed by atoms with E-state index in [0.717, 1.165) is 19.3 Å². The van der Waals surface area contributed by atoms with Crippen LogP contribution in [0.1, 0.15) is 93.4 Å². The van der Waals surface area contributed by atoms with Gasteiger partial charge in [0.25, 0.3) is 0 Å². The fourth-order valence-electron chi connectivity index (χ4n) is 10.8. The van der Waals surface area contributed by atoms with E-state index in [1.165, 1.54) is 18.4 Å². The average molecular weight is 496 g/mol. The first-order chi connectivity index (χ1) is 16.6. The van der Waals surface area contributed by atoms with Gasteiger partial charge in [0.05, 0.1) is 5.92 Å². The highest BCUT2D eigenvalue weighted by Gasteiger charge is 2.72. The summed E-state index contributed by atoms with van der Waals surface area (Å²) in [7, 11) is 0. The van der Waals surface area contributed by atoms with Crippen LogP contribution in [0.25, 0.3) is 0 Å².